The molecule has 4 aromatic rings. The smallest absolute Gasteiger partial charge is 0.324 e. The Kier molecular flexibility index (Phi) is 5.68. The molecule has 0 saturated carbocycles. The number of nitrogens with one attached hydrogen (secondary N) is 1. The molecular formula is C23H20BrN3O3S. The Hall–Kier alpha value is -2.97. The average Bonchev–Trinajstić information content (AvgIpc) is 3.21. The van der Waals surface area contributed by atoms with Crippen molar-refractivity contribution in [3.8, 4) is 5.69 Å². The summed E-state index contributed by atoms with van der Waals surface area (Å²) in [5.74, 6) is -0.356. The van der Waals surface area contributed by atoms with Crippen LogP contribution in [-0.4, -0.2) is 15.0 Å². The first-order valence-corrected chi connectivity index (χ1v) is 11.3. The third-order valence-electron chi connectivity index (χ3n) is 5.27. The van der Waals surface area contributed by atoms with Crippen LogP contribution in [0.5, 0.6) is 0 Å². The minimum absolute atomic E-state index is 0.211. The molecule has 0 aliphatic rings. The number of halogens is 1. The summed E-state index contributed by atoms with van der Waals surface area (Å²) in [6, 6.07) is 12.8. The van der Waals surface area contributed by atoms with E-state index in [0.29, 0.717) is 21.6 Å². The molecule has 0 unspecified atom stereocenters. The molecule has 0 spiro atoms. The summed E-state index contributed by atoms with van der Waals surface area (Å²) in [6.45, 7) is 5.55. The van der Waals surface area contributed by atoms with Crippen molar-refractivity contribution in [1.82, 2.24) is 9.13 Å². The zero-order chi connectivity index (χ0) is 22.3. The highest BCUT2D eigenvalue weighted by Gasteiger charge is 2.19. The molecule has 2 heterocycles. The largest absolute Gasteiger partial charge is 0.336 e. The summed E-state index contributed by atoms with van der Waals surface area (Å²) < 4.78 is 3.71. The molecule has 158 valence electrons. The number of benzene rings is 2. The highest BCUT2D eigenvalue weighted by Crippen LogP contribution is 2.24. The predicted octanol–water partition coefficient (Wildman–Crippen LogP) is 4.54. The average molecular weight is 498 g/mol. The van der Waals surface area contributed by atoms with Gasteiger partial charge in [-0.25, -0.2) is 9.36 Å². The van der Waals surface area contributed by atoms with Gasteiger partial charge >= 0.3 is 5.69 Å². The van der Waals surface area contributed by atoms with E-state index in [1.807, 2.05) is 45.0 Å². The standard InChI is InChI=1S/C23H20BrN3O3S/c1-13-7-8-17(16(24)11-13)25-20(28)12-26-19-9-10-31-21(19)22(29)27(23(26)30)18-6-4-5-14(2)15(18)3/h4-11H,12H2,1-3H3,(H,25,28). The number of carbonyl (C=O) groups is 1. The highest BCUT2D eigenvalue weighted by atomic mass is 79.9. The van der Waals surface area contributed by atoms with E-state index >= 15 is 0 Å². The molecule has 0 aliphatic carbocycles. The summed E-state index contributed by atoms with van der Waals surface area (Å²) in [4.78, 5) is 39.4. The van der Waals surface area contributed by atoms with Gasteiger partial charge in [-0.1, -0.05) is 18.2 Å². The number of aryl methyl sites for hydroxylation is 2. The number of nitrogens with zero attached hydrogens (tertiary/aromatic N) is 2. The normalized spacial score (nSPS) is 11.1. The minimum atomic E-state index is -0.539. The Morgan fingerprint density at radius 2 is 1.87 bits per heavy atom. The second kappa shape index (κ2) is 8.28. The van der Waals surface area contributed by atoms with Crippen LogP contribution in [0.2, 0.25) is 0 Å². The van der Waals surface area contributed by atoms with E-state index in [9.17, 15) is 14.4 Å². The summed E-state index contributed by atoms with van der Waals surface area (Å²) >= 11 is 4.71. The van der Waals surface area contributed by atoms with Crippen molar-refractivity contribution in [2.75, 3.05) is 5.32 Å². The van der Waals surface area contributed by atoms with Crippen molar-refractivity contribution in [2.24, 2.45) is 0 Å². The van der Waals surface area contributed by atoms with Crippen LogP contribution in [0.1, 0.15) is 16.7 Å². The Morgan fingerprint density at radius 3 is 2.61 bits per heavy atom. The second-order valence-electron chi connectivity index (χ2n) is 7.39. The molecule has 0 radical (unpaired) electrons. The van der Waals surface area contributed by atoms with Crippen molar-refractivity contribution in [1.29, 1.82) is 0 Å². The molecule has 0 aliphatic heterocycles. The Morgan fingerprint density at radius 1 is 1.10 bits per heavy atom. The molecule has 6 nitrogen and oxygen atoms in total. The number of fused-ring (bicyclic) bond motifs is 1. The van der Waals surface area contributed by atoms with Gasteiger partial charge in [0, 0.05) is 4.47 Å². The summed E-state index contributed by atoms with van der Waals surface area (Å²) in [7, 11) is 0. The summed E-state index contributed by atoms with van der Waals surface area (Å²) in [6.07, 6.45) is 0. The maximum Gasteiger partial charge on any atom is 0.336 e. The number of hydrogen-bond donors (Lipinski definition) is 1. The maximum absolute atomic E-state index is 13.4. The lowest BCUT2D eigenvalue weighted by atomic mass is 10.1. The molecule has 31 heavy (non-hydrogen) atoms. The van der Waals surface area contributed by atoms with Crippen LogP contribution in [0.4, 0.5) is 5.69 Å². The van der Waals surface area contributed by atoms with Gasteiger partial charge in [0.1, 0.15) is 11.2 Å². The van der Waals surface area contributed by atoms with Crippen molar-refractivity contribution < 1.29 is 4.79 Å². The van der Waals surface area contributed by atoms with Gasteiger partial charge in [-0.3, -0.25) is 14.2 Å². The first-order valence-electron chi connectivity index (χ1n) is 9.63. The van der Waals surface area contributed by atoms with Gasteiger partial charge in [-0.15, -0.1) is 11.3 Å². The SMILES string of the molecule is Cc1ccc(NC(=O)Cn2c(=O)n(-c3cccc(C)c3C)c(=O)c3sccc32)c(Br)c1. The molecular weight excluding hydrogens is 478 g/mol. The van der Waals surface area contributed by atoms with Crippen LogP contribution in [0.25, 0.3) is 15.9 Å². The van der Waals surface area contributed by atoms with E-state index in [4.69, 9.17) is 0 Å². The van der Waals surface area contributed by atoms with Gasteiger partial charge in [0.15, 0.2) is 0 Å². The first kappa shape index (κ1) is 21.3. The van der Waals surface area contributed by atoms with E-state index in [-0.39, 0.29) is 18.0 Å². The fraction of sp³-hybridized carbons (Fsp3) is 0.174. The van der Waals surface area contributed by atoms with Gasteiger partial charge in [0.25, 0.3) is 5.56 Å². The van der Waals surface area contributed by atoms with Crippen LogP contribution < -0.4 is 16.6 Å². The van der Waals surface area contributed by atoms with Crippen LogP contribution in [0.3, 0.4) is 0 Å². The number of thiophene rings is 1. The third-order valence-corrected chi connectivity index (χ3v) is 6.82. The van der Waals surface area contributed by atoms with Crippen molar-refractivity contribution in [2.45, 2.75) is 27.3 Å². The maximum atomic E-state index is 13.4. The molecule has 2 aromatic carbocycles. The quantitative estimate of drug-likeness (QED) is 0.449. The molecule has 1 N–H and O–H groups in total. The van der Waals surface area contributed by atoms with Crippen LogP contribution in [-0.2, 0) is 11.3 Å². The molecule has 8 heteroatoms. The number of anilines is 1. The molecule has 0 fully saturated rings. The van der Waals surface area contributed by atoms with E-state index in [2.05, 4.69) is 21.2 Å². The van der Waals surface area contributed by atoms with Crippen LogP contribution in [0.15, 0.2) is 61.9 Å². The fourth-order valence-corrected chi connectivity index (χ4v) is 4.90. The minimum Gasteiger partial charge on any atom is -0.324 e. The number of aromatic nitrogens is 2. The van der Waals surface area contributed by atoms with E-state index in [1.165, 1.54) is 15.9 Å². The Bertz CT molecular complexity index is 1450. The third kappa shape index (κ3) is 3.88. The number of carbonyl (C=O) groups excluding carboxylic acids is 1. The van der Waals surface area contributed by atoms with Crippen molar-refractivity contribution in [3.05, 3.63) is 89.8 Å². The highest BCUT2D eigenvalue weighted by molar-refractivity contribution is 9.10. The summed E-state index contributed by atoms with van der Waals surface area (Å²) in [5.41, 5.74) is 3.57. The fourth-order valence-electron chi connectivity index (χ4n) is 3.49. The van der Waals surface area contributed by atoms with E-state index in [1.54, 1.807) is 23.6 Å². The van der Waals surface area contributed by atoms with E-state index in [0.717, 1.165) is 25.7 Å². The molecule has 0 atom stereocenters. The number of rotatable bonds is 4. The molecule has 4 rings (SSSR count). The lowest BCUT2D eigenvalue weighted by Crippen LogP contribution is -2.40. The second-order valence-corrected chi connectivity index (χ2v) is 9.17. The molecule has 0 bridgehead atoms. The van der Waals surface area contributed by atoms with Gasteiger partial charge in [0.2, 0.25) is 5.91 Å². The van der Waals surface area contributed by atoms with Crippen molar-refractivity contribution in [3.63, 3.8) is 0 Å². The molecule has 0 saturated heterocycles. The van der Waals surface area contributed by atoms with Crippen LogP contribution >= 0.6 is 27.3 Å². The lowest BCUT2D eigenvalue weighted by Gasteiger charge is -2.15. The first-order chi connectivity index (χ1) is 14.8. The van der Waals surface area contributed by atoms with Crippen molar-refractivity contribution >= 4 is 49.1 Å². The zero-order valence-electron chi connectivity index (χ0n) is 17.2. The topological polar surface area (TPSA) is 73.1 Å². The molecule has 2 aromatic heterocycles. The van der Waals surface area contributed by atoms with E-state index < -0.39 is 5.69 Å². The Balaban J connectivity index is 1.82. The summed E-state index contributed by atoms with van der Waals surface area (Å²) in [5, 5.41) is 4.59. The predicted molar refractivity (Wildman–Crippen MR) is 129 cm³/mol. The molecule has 1 amide bonds. The Labute approximate surface area is 190 Å². The van der Waals surface area contributed by atoms with Gasteiger partial charge in [-0.2, -0.15) is 0 Å². The van der Waals surface area contributed by atoms with Crippen LogP contribution in [0, 0.1) is 20.8 Å². The number of hydrogen-bond acceptors (Lipinski definition) is 4. The van der Waals surface area contributed by atoms with Gasteiger partial charge < -0.3 is 5.32 Å². The number of amides is 1. The zero-order valence-corrected chi connectivity index (χ0v) is 19.6. The lowest BCUT2D eigenvalue weighted by molar-refractivity contribution is -0.116. The monoisotopic (exact) mass is 497 g/mol. The van der Waals surface area contributed by atoms with Gasteiger partial charge in [-0.05, 0) is 83.0 Å². The van der Waals surface area contributed by atoms with Gasteiger partial charge in [0.05, 0.1) is 16.9 Å².